The zero-order valence-corrected chi connectivity index (χ0v) is 10.1. The standard InChI is InChI=1S/C15H14O3/c1-18-10-13(15(16)17)9-12-7-4-6-11-5-2-3-8-14(11)12/h2-9H,10H2,1H3,(H,16,17)/b13-9+. The molecule has 0 aliphatic heterocycles. The minimum atomic E-state index is -0.954. The highest BCUT2D eigenvalue weighted by molar-refractivity contribution is 5.97. The molecule has 2 aromatic rings. The third-order valence-corrected chi connectivity index (χ3v) is 2.73. The van der Waals surface area contributed by atoms with Crippen LogP contribution in [-0.2, 0) is 9.53 Å². The number of carboxylic acid groups (broad SMARTS) is 1. The van der Waals surface area contributed by atoms with Crippen LogP contribution in [0.2, 0.25) is 0 Å². The Kier molecular flexibility index (Phi) is 3.75. The molecule has 0 radical (unpaired) electrons. The van der Waals surface area contributed by atoms with Crippen LogP contribution in [0.3, 0.4) is 0 Å². The van der Waals surface area contributed by atoms with Gasteiger partial charge in [0.2, 0.25) is 0 Å². The number of hydrogen-bond donors (Lipinski definition) is 1. The second-order valence-corrected chi connectivity index (χ2v) is 3.98. The Bertz CT molecular complexity index is 594. The predicted molar refractivity (Wildman–Crippen MR) is 71.4 cm³/mol. The molecule has 3 heteroatoms. The molecule has 0 spiro atoms. The molecule has 0 aliphatic rings. The van der Waals surface area contributed by atoms with Crippen LogP contribution in [0.1, 0.15) is 5.56 Å². The molecule has 0 heterocycles. The largest absolute Gasteiger partial charge is 0.478 e. The molecule has 2 aromatic carbocycles. The number of hydrogen-bond acceptors (Lipinski definition) is 2. The van der Waals surface area contributed by atoms with Crippen LogP contribution >= 0.6 is 0 Å². The summed E-state index contributed by atoms with van der Waals surface area (Å²) in [6, 6.07) is 13.7. The van der Waals surface area contributed by atoms with Crippen LogP contribution in [-0.4, -0.2) is 24.8 Å². The van der Waals surface area contributed by atoms with Gasteiger partial charge in [-0.1, -0.05) is 42.5 Å². The van der Waals surface area contributed by atoms with E-state index in [2.05, 4.69) is 0 Å². The normalized spacial score (nSPS) is 11.7. The molecule has 3 nitrogen and oxygen atoms in total. The van der Waals surface area contributed by atoms with E-state index < -0.39 is 5.97 Å². The van der Waals surface area contributed by atoms with E-state index >= 15 is 0 Å². The van der Waals surface area contributed by atoms with Gasteiger partial charge in [0, 0.05) is 7.11 Å². The molecule has 0 aliphatic carbocycles. The van der Waals surface area contributed by atoms with Crippen molar-refractivity contribution in [2.45, 2.75) is 0 Å². The molecule has 0 saturated carbocycles. The summed E-state index contributed by atoms with van der Waals surface area (Å²) < 4.78 is 4.90. The second-order valence-electron chi connectivity index (χ2n) is 3.98. The molecule has 1 N–H and O–H groups in total. The highest BCUT2D eigenvalue weighted by atomic mass is 16.5. The highest BCUT2D eigenvalue weighted by Crippen LogP contribution is 2.20. The lowest BCUT2D eigenvalue weighted by Crippen LogP contribution is -2.06. The lowest BCUT2D eigenvalue weighted by molar-refractivity contribution is -0.133. The molecule has 0 bridgehead atoms. The summed E-state index contributed by atoms with van der Waals surface area (Å²) >= 11 is 0. The Morgan fingerprint density at radius 3 is 2.67 bits per heavy atom. The van der Waals surface area contributed by atoms with Gasteiger partial charge in [0.1, 0.15) is 0 Å². The smallest absolute Gasteiger partial charge is 0.333 e. The maximum absolute atomic E-state index is 11.1. The van der Waals surface area contributed by atoms with Crippen molar-refractivity contribution < 1.29 is 14.6 Å². The fourth-order valence-electron chi connectivity index (χ4n) is 1.88. The van der Waals surface area contributed by atoms with Gasteiger partial charge >= 0.3 is 5.97 Å². The first kappa shape index (κ1) is 12.3. The van der Waals surface area contributed by atoms with Gasteiger partial charge in [-0.2, -0.15) is 0 Å². The van der Waals surface area contributed by atoms with E-state index in [1.165, 1.54) is 7.11 Å². The van der Waals surface area contributed by atoms with Crippen LogP contribution in [0.4, 0.5) is 0 Å². The third kappa shape index (κ3) is 2.57. The number of benzene rings is 2. The third-order valence-electron chi connectivity index (χ3n) is 2.73. The average molecular weight is 242 g/mol. The van der Waals surface area contributed by atoms with Crippen LogP contribution < -0.4 is 0 Å². The second kappa shape index (κ2) is 5.47. The maximum Gasteiger partial charge on any atom is 0.333 e. The van der Waals surface area contributed by atoms with Crippen LogP contribution in [0.25, 0.3) is 16.8 Å². The zero-order valence-electron chi connectivity index (χ0n) is 10.1. The van der Waals surface area contributed by atoms with Gasteiger partial charge in [-0.25, -0.2) is 4.79 Å². The van der Waals surface area contributed by atoms with E-state index in [0.29, 0.717) is 0 Å². The van der Waals surface area contributed by atoms with E-state index in [1.807, 2.05) is 42.5 Å². The summed E-state index contributed by atoms with van der Waals surface area (Å²) in [7, 11) is 1.49. The van der Waals surface area contributed by atoms with Crippen molar-refractivity contribution in [1.82, 2.24) is 0 Å². The minimum Gasteiger partial charge on any atom is -0.478 e. The molecule has 0 saturated heterocycles. The van der Waals surface area contributed by atoms with Crippen molar-refractivity contribution in [2.75, 3.05) is 13.7 Å². The summed E-state index contributed by atoms with van der Waals surface area (Å²) in [5.74, 6) is -0.954. The summed E-state index contributed by atoms with van der Waals surface area (Å²) in [5, 5.41) is 11.2. The number of rotatable bonds is 4. The maximum atomic E-state index is 11.1. The van der Waals surface area contributed by atoms with Gasteiger partial charge in [0.25, 0.3) is 0 Å². The van der Waals surface area contributed by atoms with Gasteiger partial charge in [0.05, 0.1) is 12.2 Å². The molecule has 0 atom stereocenters. The van der Waals surface area contributed by atoms with E-state index in [-0.39, 0.29) is 12.2 Å². The van der Waals surface area contributed by atoms with Crippen LogP contribution in [0.5, 0.6) is 0 Å². The molecule has 0 fully saturated rings. The minimum absolute atomic E-state index is 0.0958. The fourth-order valence-corrected chi connectivity index (χ4v) is 1.88. The van der Waals surface area contributed by atoms with E-state index in [9.17, 15) is 4.79 Å². The summed E-state index contributed by atoms with van der Waals surface area (Å²) in [5.41, 5.74) is 1.14. The Morgan fingerprint density at radius 2 is 1.94 bits per heavy atom. The predicted octanol–water partition coefficient (Wildman–Crippen LogP) is 2.95. The lowest BCUT2D eigenvalue weighted by atomic mass is 10.0. The quantitative estimate of drug-likeness (QED) is 0.838. The Morgan fingerprint density at radius 1 is 1.22 bits per heavy atom. The molecule has 92 valence electrons. The van der Waals surface area contributed by atoms with Crippen LogP contribution in [0.15, 0.2) is 48.0 Å². The first-order chi connectivity index (χ1) is 8.72. The number of methoxy groups -OCH3 is 1. The van der Waals surface area contributed by atoms with Crippen molar-refractivity contribution >= 4 is 22.8 Å². The molecular weight excluding hydrogens is 228 g/mol. The molecule has 0 amide bonds. The van der Waals surface area contributed by atoms with Crippen molar-refractivity contribution in [1.29, 1.82) is 0 Å². The molecule has 18 heavy (non-hydrogen) atoms. The van der Waals surface area contributed by atoms with Gasteiger partial charge in [0.15, 0.2) is 0 Å². The van der Waals surface area contributed by atoms with E-state index in [1.54, 1.807) is 6.08 Å². The van der Waals surface area contributed by atoms with Gasteiger partial charge < -0.3 is 9.84 Å². The molecular formula is C15H14O3. The van der Waals surface area contributed by atoms with Gasteiger partial charge in [-0.15, -0.1) is 0 Å². The summed E-state index contributed by atoms with van der Waals surface area (Å²) in [4.78, 5) is 11.1. The Labute approximate surface area is 105 Å². The summed E-state index contributed by atoms with van der Waals surface area (Å²) in [6.45, 7) is 0.0958. The first-order valence-corrected chi connectivity index (χ1v) is 5.63. The zero-order chi connectivity index (χ0) is 13.0. The average Bonchev–Trinajstić information content (AvgIpc) is 2.38. The number of carbonyl (C=O) groups is 1. The summed E-state index contributed by atoms with van der Waals surface area (Å²) in [6.07, 6.45) is 1.66. The van der Waals surface area contributed by atoms with Crippen molar-refractivity contribution in [2.24, 2.45) is 0 Å². The Balaban J connectivity index is 2.53. The number of aliphatic carboxylic acids is 1. The first-order valence-electron chi connectivity index (χ1n) is 5.63. The molecule has 0 unspecified atom stereocenters. The molecule has 0 aromatic heterocycles. The van der Waals surface area contributed by atoms with E-state index in [0.717, 1.165) is 16.3 Å². The monoisotopic (exact) mass is 242 g/mol. The topological polar surface area (TPSA) is 46.5 Å². The van der Waals surface area contributed by atoms with Gasteiger partial charge in [-0.3, -0.25) is 0 Å². The molecule has 2 rings (SSSR count). The number of ether oxygens (including phenoxy) is 1. The fraction of sp³-hybridized carbons (Fsp3) is 0.133. The van der Waals surface area contributed by atoms with Gasteiger partial charge in [-0.05, 0) is 22.4 Å². The van der Waals surface area contributed by atoms with Crippen molar-refractivity contribution in [3.63, 3.8) is 0 Å². The number of carboxylic acids is 1. The van der Waals surface area contributed by atoms with Crippen molar-refractivity contribution in [3.05, 3.63) is 53.6 Å². The van der Waals surface area contributed by atoms with Crippen molar-refractivity contribution in [3.8, 4) is 0 Å². The lowest BCUT2D eigenvalue weighted by Gasteiger charge is -2.04. The Hall–Kier alpha value is -2.13. The van der Waals surface area contributed by atoms with E-state index in [4.69, 9.17) is 9.84 Å². The van der Waals surface area contributed by atoms with Crippen LogP contribution in [0, 0.1) is 0 Å². The number of fused-ring (bicyclic) bond motifs is 1. The SMILES string of the molecule is COC/C(=C\c1cccc2ccccc12)C(=O)O. The highest BCUT2D eigenvalue weighted by Gasteiger charge is 2.07.